The number of aryl methyl sites for hydroxylation is 2. The molecule has 1 unspecified atom stereocenters. The molecule has 1 aliphatic heterocycles. The molecule has 31 heavy (non-hydrogen) atoms. The summed E-state index contributed by atoms with van der Waals surface area (Å²) in [6.07, 6.45) is 5.72. The summed E-state index contributed by atoms with van der Waals surface area (Å²) in [6, 6.07) is 8.67. The van der Waals surface area contributed by atoms with Crippen molar-refractivity contribution in [1.82, 2.24) is 14.9 Å². The number of carbonyl (C=O) groups is 1. The van der Waals surface area contributed by atoms with Crippen LogP contribution in [0.3, 0.4) is 0 Å². The number of fused-ring (bicyclic) bond motifs is 1. The Kier molecular flexibility index (Phi) is 7.11. The number of aromatic nitrogens is 2. The van der Waals surface area contributed by atoms with Gasteiger partial charge in [-0.3, -0.25) is 4.79 Å². The topological polar surface area (TPSA) is 58.1 Å². The predicted molar refractivity (Wildman–Crippen MR) is 125 cm³/mol. The maximum absolute atomic E-state index is 13.9. The average molecular weight is 443 g/mol. The minimum Gasteiger partial charge on any atom is -0.354 e. The van der Waals surface area contributed by atoms with E-state index in [1.54, 1.807) is 12.3 Å². The highest BCUT2D eigenvalue weighted by Gasteiger charge is 2.29. The number of benzene rings is 1. The summed E-state index contributed by atoms with van der Waals surface area (Å²) < 4.78 is 13.9. The van der Waals surface area contributed by atoms with Gasteiger partial charge in [0.1, 0.15) is 5.82 Å². The van der Waals surface area contributed by atoms with Gasteiger partial charge in [0.05, 0.1) is 11.3 Å². The van der Waals surface area contributed by atoms with Gasteiger partial charge in [-0.05, 0) is 69.4 Å². The number of carbonyl (C=O) groups excluding carboxylic acids is 1. The van der Waals surface area contributed by atoms with Crippen LogP contribution in [-0.2, 0) is 0 Å². The molecule has 5 nitrogen and oxygen atoms in total. The summed E-state index contributed by atoms with van der Waals surface area (Å²) in [5.74, 6) is -0.363. The second-order valence-electron chi connectivity index (χ2n) is 8.01. The standard InChI is InChI=1S/C24H27FN4O.ClH/c1-4-18-7-5-6-12-29(18)24(30)20-14-26-23-19(11-9-16(3)27-23)22(20)28-21-13-17(25)10-8-15(21)2;/h8-11,13-14,18H,4-7,12H2,1-3H3,(H,26,27,28);1H. The van der Waals surface area contributed by atoms with Gasteiger partial charge in [-0.15, -0.1) is 12.4 Å². The Morgan fingerprint density at radius 3 is 2.81 bits per heavy atom. The molecular formula is C24H28ClFN4O. The molecule has 0 bridgehead atoms. The number of hydrogen-bond donors (Lipinski definition) is 1. The van der Waals surface area contributed by atoms with E-state index in [-0.39, 0.29) is 30.2 Å². The van der Waals surface area contributed by atoms with E-state index in [4.69, 9.17) is 0 Å². The van der Waals surface area contributed by atoms with Gasteiger partial charge in [0, 0.05) is 35.6 Å². The lowest BCUT2D eigenvalue weighted by atomic mass is 9.98. The van der Waals surface area contributed by atoms with Crippen LogP contribution in [0, 0.1) is 19.7 Å². The first-order chi connectivity index (χ1) is 14.5. The van der Waals surface area contributed by atoms with E-state index >= 15 is 0 Å². The van der Waals surface area contributed by atoms with Gasteiger partial charge in [0.25, 0.3) is 5.91 Å². The van der Waals surface area contributed by atoms with Crippen molar-refractivity contribution in [2.75, 3.05) is 11.9 Å². The predicted octanol–water partition coefficient (Wildman–Crippen LogP) is 5.96. The normalized spacial score (nSPS) is 16.1. The van der Waals surface area contributed by atoms with Gasteiger partial charge in [-0.25, -0.2) is 14.4 Å². The van der Waals surface area contributed by atoms with Crippen LogP contribution < -0.4 is 5.32 Å². The number of hydrogen-bond acceptors (Lipinski definition) is 4. The van der Waals surface area contributed by atoms with Crippen LogP contribution in [0.1, 0.15) is 54.2 Å². The molecular weight excluding hydrogens is 415 g/mol. The molecule has 1 saturated heterocycles. The van der Waals surface area contributed by atoms with Crippen molar-refractivity contribution in [1.29, 1.82) is 0 Å². The molecule has 0 spiro atoms. The maximum Gasteiger partial charge on any atom is 0.257 e. The minimum absolute atomic E-state index is 0. The first kappa shape index (κ1) is 22.9. The van der Waals surface area contributed by atoms with Crippen LogP contribution in [0.15, 0.2) is 36.5 Å². The number of pyridine rings is 2. The monoisotopic (exact) mass is 442 g/mol. The van der Waals surface area contributed by atoms with Crippen LogP contribution >= 0.6 is 12.4 Å². The zero-order chi connectivity index (χ0) is 21.3. The Balaban J connectivity index is 0.00000272. The number of halogens is 2. The number of nitrogens with zero attached hydrogens (tertiary/aromatic N) is 3. The number of likely N-dealkylation sites (tertiary alicyclic amines) is 1. The van der Waals surface area contributed by atoms with E-state index < -0.39 is 0 Å². The summed E-state index contributed by atoms with van der Waals surface area (Å²) >= 11 is 0. The molecule has 1 aliphatic rings. The number of amides is 1. The molecule has 1 amide bonds. The van der Waals surface area contributed by atoms with E-state index in [1.165, 1.54) is 12.1 Å². The van der Waals surface area contributed by atoms with Gasteiger partial charge in [-0.2, -0.15) is 0 Å². The lowest BCUT2D eigenvalue weighted by Gasteiger charge is -2.35. The molecule has 0 aliphatic carbocycles. The average Bonchev–Trinajstić information content (AvgIpc) is 2.75. The van der Waals surface area contributed by atoms with Crippen LogP contribution in [0.2, 0.25) is 0 Å². The fourth-order valence-electron chi connectivity index (χ4n) is 4.18. The molecule has 0 radical (unpaired) electrons. The SMILES string of the molecule is CCC1CCCCN1C(=O)c1cnc2nc(C)ccc2c1Nc1cc(F)ccc1C.Cl. The minimum atomic E-state index is -0.328. The largest absolute Gasteiger partial charge is 0.354 e. The van der Waals surface area contributed by atoms with E-state index in [9.17, 15) is 9.18 Å². The molecule has 1 N–H and O–H groups in total. The summed E-state index contributed by atoms with van der Waals surface area (Å²) in [5, 5.41) is 4.08. The Hall–Kier alpha value is -2.73. The molecule has 1 aromatic carbocycles. The number of rotatable bonds is 4. The van der Waals surface area contributed by atoms with Crippen LogP contribution in [0.25, 0.3) is 11.0 Å². The molecule has 164 valence electrons. The molecule has 3 aromatic rings. The smallest absolute Gasteiger partial charge is 0.257 e. The van der Waals surface area contributed by atoms with Crippen molar-refractivity contribution in [3.05, 3.63) is 59.2 Å². The molecule has 4 rings (SSSR count). The Morgan fingerprint density at radius 1 is 1.23 bits per heavy atom. The lowest BCUT2D eigenvalue weighted by Crippen LogP contribution is -2.43. The van der Waals surface area contributed by atoms with E-state index in [1.807, 2.05) is 30.9 Å². The highest BCUT2D eigenvalue weighted by Crippen LogP contribution is 2.32. The van der Waals surface area contributed by atoms with Crippen molar-refractivity contribution in [3.8, 4) is 0 Å². The molecule has 1 atom stereocenters. The lowest BCUT2D eigenvalue weighted by molar-refractivity contribution is 0.0609. The van der Waals surface area contributed by atoms with Gasteiger partial charge in [0.15, 0.2) is 5.65 Å². The van der Waals surface area contributed by atoms with E-state index in [2.05, 4.69) is 22.2 Å². The molecule has 0 saturated carbocycles. The molecule has 1 fully saturated rings. The highest BCUT2D eigenvalue weighted by atomic mass is 35.5. The quantitative estimate of drug-likeness (QED) is 0.541. The zero-order valence-electron chi connectivity index (χ0n) is 18.1. The summed E-state index contributed by atoms with van der Waals surface area (Å²) in [7, 11) is 0. The van der Waals surface area contributed by atoms with Crippen molar-refractivity contribution in [2.24, 2.45) is 0 Å². The fraction of sp³-hybridized carbons (Fsp3) is 0.375. The fourth-order valence-corrected chi connectivity index (χ4v) is 4.18. The first-order valence-corrected chi connectivity index (χ1v) is 10.6. The Bertz CT molecular complexity index is 1100. The van der Waals surface area contributed by atoms with Gasteiger partial charge in [-0.1, -0.05) is 13.0 Å². The van der Waals surface area contributed by atoms with Crippen molar-refractivity contribution in [3.63, 3.8) is 0 Å². The van der Waals surface area contributed by atoms with Gasteiger partial charge < -0.3 is 10.2 Å². The van der Waals surface area contributed by atoms with Gasteiger partial charge >= 0.3 is 0 Å². The third-order valence-corrected chi connectivity index (χ3v) is 5.92. The molecule has 3 heterocycles. The Morgan fingerprint density at radius 2 is 2.03 bits per heavy atom. The summed E-state index contributed by atoms with van der Waals surface area (Å²) in [5.41, 5.74) is 4.06. The third-order valence-electron chi connectivity index (χ3n) is 5.92. The van der Waals surface area contributed by atoms with Crippen LogP contribution in [-0.4, -0.2) is 33.4 Å². The Labute approximate surface area is 188 Å². The summed E-state index contributed by atoms with van der Waals surface area (Å²) in [4.78, 5) is 24.6. The number of nitrogens with one attached hydrogen (secondary N) is 1. The van der Waals surface area contributed by atoms with E-state index in [0.717, 1.165) is 48.9 Å². The third kappa shape index (κ3) is 4.64. The van der Waals surface area contributed by atoms with Crippen LogP contribution in [0.5, 0.6) is 0 Å². The summed E-state index contributed by atoms with van der Waals surface area (Å²) in [6.45, 7) is 6.69. The zero-order valence-corrected chi connectivity index (χ0v) is 18.9. The number of piperidine rings is 1. The van der Waals surface area contributed by atoms with Gasteiger partial charge in [0.2, 0.25) is 0 Å². The maximum atomic E-state index is 13.9. The van der Waals surface area contributed by atoms with Crippen molar-refractivity contribution in [2.45, 2.75) is 52.5 Å². The molecule has 7 heteroatoms. The molecule has 2 aromatic heterocycles. The van der Waals surface area contributed by atoms with Crippen molar-refractivity contribution >= 4 is 40.7 Å². The first-order valence-electron chi connectivity index (χ1n) is 10.6. The van der Waals surface area contributed by atoms with Crippen molar-refractivity contribution < 1.29 is 9.18 Å². The number of anilines is 2. The van der Waals surface area contributed by atoms with Crippen LogP contribution in [0.4, 0.5) is 15.8 Å². The second kappa shape index (κ2) is 9.60. The van der Waals surface area contributed by atoms with E-state index in [0.29, 0.717) is 22.6 Å². The highest BCUT2D eigenvalue weighted by molar-refractivity contribution is 6.07. The second-order valence-corrected chi connectivity index (χ2v) is 8.01.